The van der Waals surface area contributed by atoms with Gasteiger partial charge in [0.1, 0.15) is 5.75 Å². The molecule has 1 atom stereocenters. The summed E-state index contributed by atoms with van der Waals surface area (Å²) in [5.41, 5.74) is -2.45. The zero-order valence-electron chi connectivity index (χ0n) is 31.1. The zero-order chi connectivity index (χ0) is 40.6. The number of esters is 1. The monoisotopic (exact) mass is 780 g/mol. The van der Waals surface area contributed by atoms with Gasteiger partial charge < -0.3 is 14.2 Å². The fraction of sp³-hybridized carbons (Fsp3) is 0.333. The number of hydrogen-bond donors (Lipinski definition) is 0. The minimum absolute atomic E-state index is 0.00728. The molecule has 0 amide bonds. The van der Waals surface area contributed by atoms with Crippen LogP contribution in [0.1, 0.15) is 68.1 Å². The Hall–Kier alpha value is -5.32. The molecule has 0 aliphatic heterocycles. The predicted octanol–water partition coefficient (Wildman–Crippen LogP) is 12.2. The van der Waals surface area contributed by atoms with Gasteiger partial charge in [-0.2, -0.15) is 26.3 Å². The van der Waals surface area contributed by atoms with Crippen molar-refractivity contribution in [1.29, 1.82) is 0 Å². The molecular formula is C45H46F6O5. The van der Waals surface area contributed by atoms with Gasteiger partial charge in [-0.25, -0.2) is 4.79 Å². The zero-order valence-corrected chi connectivity index (χ0v) is 31.1. The molecule has 298 valence electrons. The third-order valence-corrected chi connectivity index (χ3v) is 9.26. The molecule has 3 aromatic rings. The first-order chi connectivity index (χ1) is 26.8. The lowest BCUT2D eigenvalue weighted by molar-refractivity contribution is -0.161. The minimum atomic E-state index is -5.30. The highest BCUT2D eigenvalue weighted by atomic mass is 19.4. The van der Waals surface area contributed by atoms with Gasteiger partial charge in [0.15, 0.2) is 5.78 Å². The van der Waals surface area contributed by atoms with E-state index >= 15 is 0 Å². The van der Waals surface area contributed by atoms with Crippen LogP contribution in [0.3, 0.4) is 0 Å². The van der Waals surface area contributed by atoms with Crippen LogP contribution in [0.25, 0.3) is 22.3 Å². The van der Waals surface area contributed by atoms with Crippen molar-refractivity contribution in [3.63, 3.8) is 0 Å². The van der Waals surface area contributed by atoms with Crippen molar-refractivity contribution < 1.29 is 50.1 Å². The Bertz CT molecular complexity index is 1870. The third-order valence-electron chi connectivity index (χ3n) is 9.26. The number of hydrogen-bond acceptors (Lipinski definition) is 5. The fourth-order valence-corrected chi connectivity index (χ4v) is 6.30. The lowest BCUT2D eigenvalue weighted by Crippen LogP contribution is -2.19. The maximum Gasteiger partial charge on any atom is 0.417 e. The standard InChI is InChI=1S/C45H46F6O5/c1-3-37(52)10-9-28-54-31-27-34-15-13-32(14-16-34)11-12-33-17-19-35(20-18-33)39-25-26-40(43(45(49,50)51)42(39)44(46,47)48)36-21-23-38(24-22-36)55-29-7-5-6-8-30-56-41(53)4-2/h3-6,13,17-27,31,34H,1-2,7-12,14-16,28-30H2. The highest BCUT2D eigenvalue weighted by Crippen LogP contribution is 2.49. The number of alkyl halides is 6. The van der Waals surface area contributed by atoms with Crippen LogP contribution in [0.15, 0.2) is 122 Å². The average Bonchev–Trinajstić information content (AvgIpc) is 3.18. The van der Waals surface area contributed by atoms with E-state index in [4.69, 9.17) is 14.2 Å². The van der Waals surface area contributed by atoms with Gasteiger partial charge in [-0.1, -0.05) is 85.5 Å². The van der Waals surface area contributed by atoms with Crippen molar-refractivity contribution in [3.05, 3.63) is 139 Å². The van der Waals surface area contributed by atoms with Crippen molar-refractivity contribution in [2.24, 2.45) is 5.92 Å². The van der Waals surface area contributed by atoms with Gasteiger partial charge >= 0.3 is 18.3 Å². The number of allylic oxidation sites excluding steroid dienone is 4. The Morgan fingerprint density at radius 1 is 0.750 bits per heavy atom. The number of carbonyl (C=O) groups is 2. The molecule has 11 heteroatoms. The number of ketones is 1. The van der Waals surface area contributed by atoms with Crippen molar-refractivity contribution in [3.8, 4) is 28.0 Å². The summed E-state index contributed by atoms with van der Waals surface area (Å²) in [7, 11) is 0. The predicted molar refractivity (Wildman–Crippen MR) is 206 cm³/mol. The number of halogens is 6. The average molecular weight is 781 g/mol. The van der Waals surface area contributed by atoms with Crippen LogP contribution in [0.4, 0.5) is 26.3 Å². The molecule has 1 aliphatic carbocycles. The Morgan fingerprint density at radius 3 is 1.91 bits per heavy atom. The summed E-state index contributed by atoms with van der Waals surface area (Å²) in [4.78, 5) is 22.3. The topological polar surface area (TPSA) is 61.8 Å². The molecule has 3 aromatic carbocycles. The minimum Gasteiger partial charge on any atom is -0.502 e. The smallest absolute Gasteiger partial charge is 0.417 e. The Kier molecular flexibility index (Phi) is 16.4. The second-order valence-electron chi connectivity index (χ2n) is 13.3. The van der Waals surface area contributed by atoms with Crippen LogP contribution in [0.2, 0.25) is 0 Å². The van der Waals surface area contributed by atoms with Gasteiger partial charge in [0.25, 0.3) is 0 Å². The molecule has 0 N–H and O–H groups in total. The molecule has 0 aromatic heterocycles. The summed E-state index contributed by atoms with van der Waals surface area (Å²) in [5.74, 6) is 0.170. The third kappa shape index (κ3) is 13.5. The highest BCUT2D eigenvalue weighted by molar-refractivity contribution is 5.88. The second kappa shape index (κ2) is 21.1. The molecule has 0 radical (unpaired) electrons. The van der Waals surface area contributed by atoms with E-state index in [1.807, 2.05) is 18.2 Å². The van der Waals surface area contributed by atoms with Gasteiger partial charge in [-0.15, -0.1) is 0 Å². The SMILES string of the molecule is C=CC(=O)CCCOC=CC1CC=C(CCc2ccc(-c3ccc(-c4ccc(OCCC=CCCOC(=O)C=C)cc4)c(C(F)(F)F)c3C(F)(F)F)cc2)CC1. The van der Waals surface area contributed by atoms with Crippen molar-refractivity contribution in [1.82, 2.24) is 0 Å². The molecule has 0 spiro atoms. The van der Waals surface area contributed by atoms with Crippen LogP contribution >= 0.6 is 0 Å². The van der Waals surface area contributed by atoms with E-state index in [1.54, 1.807) is 18.4 Å². The van der Waals surface area contributed by atoms with E-state index in [-0.39, 0.29) is 30.1 Å². The van der Waals surface area contributed by atoms with Crippen LogP contribution in [-0.4, -0.2) is 31.6 Å². The summed E-state index contributed by atoms with van der Waals surface area (Å²) in [6.07, 6.45) is 7.48. The maximum atomic E-state index is 14.6. The molecule has 1 unspecified atom stereocenters. The van der Waals surface area contributed by atoms with Gasteiger partial charge in [-0.05, 0) is 109 Å². The molecular weight excluding hydrogens is 734 g/mol. The Labute approximate surface area is 324 Å². The van der Waals surface area contributed by atoms with Crippen LogP contribution in [0.5, 0.6) is 5.75 Å². The van der Waals surface area contributed by atoms with Crippen molar-refractivity contribution in [2.75, 3.05) is 19.8 Å². The number of ether oxygens (including phenoxy) is 3. The number of carbonyl (C=O) groups excluding carboxylic acids is 2. The first-order valence-electron chi connectivity index (χ1n) is 18.5. The molecule has 0 bridgehead atoms. The van der Waals surface area contributed by atoms with Gasteiger partial charge in [0.2, 0.25) is 0 Å². The Balaban J connectivity index is 1.39. The molecule has 0 saturated heterocycles. The van der Waals surface area contributed by atoms with Crippen molar-refractivity contribution >= 4 is 11.8 Å². The summed E-state index contributed by atoms with van der Waals surface area (Å²) in [5, 5.41) is 0. The largest absolute Gasteiger partial charge is 0.502 e. The Morgan fingerprint density at radius 2 is 1.36 bits per heavy atom. The quantitative estimate of drug-likeness (QED) is 0.0285. The molecule has 1 aliphatic rings. The fourth-order valence-electron chi connectivity index (χ4n) is 6.30. The number of aryl methyl sites for hydroxylation is 1. The van der Waals surface area contributed by atoms with Crippen LogP contribution in [0, 0.1) is 5.92 Å². The molecule has 5 nitrogen and oxygen atoms in total. The summed E-state index contributed by atoms with van der Waals surface area (Å²) in [6.45, 7) is 7.67. The first-order valence-corrected chi connectivity index (χ1v) is 18.5. The molecule has 56 heavy (non-hydrogen) atoms. The van der Waals surface area contributed by atoms with Crippen LogP contribution in [-0.2, 0) is 37.8 Å². The van der Waals surface area contributed by atoms with E-state index in [0.717, 1.165) is 49.5 Å². The summed E-state index contributed by atoms with van der Waals surface area (Å²) < 4.78 is 104. The number of rotatable bonds is 20. The molecule has 0 heterocycles. The lowest BCUT2D eigenvalue weighted by atomic mass is 9.86. The van der Waals surface area contributed by atoms with E-state index in [2.05, 4.69) is 19.2 Å². The van der Waals surface area contributed by atoms with E-state index < -0.39 is 40.6 Å². The van der Waals surface area contributed by atoms with Gasteiger partial charge in [-0.3, -0.25) is 4.79 Å². The first kappa shape index (κ1) is 43.4. The molecule has 0 fully saturated rings. The van der Waals surface area contributed by atoms with Gasteiger partial charge in [0, 0.05) is 12.5 Å². The van der Waals surface area contributed by atoms with Gasteiger partial charge in [0.05, 0.1) is 37.2 Å². The summed E-state index contributed by atoms with van der Waals surface area (Å²) in [6, 6.07) is 13.9. The van der Waals surface area contributed by atoms with Crippen LogP contribution < -0.4 is 4.74 Å². The molecule has 4 rings (SSSR count). The number of benzene rings is 3. The second-order valence-corrected chi connectivity index (χ2v) is 13.3. The highest BCUT2D eigenvalue weighted by Gasteiger charge is 2.47. The normalized spacial score (nSPS) is 14.8. The van der Waals surface area contributed by atoms with Crippen molar-refractivity contribution in [2.45, 2.75) is 70.1 Å². The van der Waals surface area contributed by atoms with E-state index in [9.17, 15) is 35.9 Å². The maximum absolute atomic E-state index is 14.6. The summed E-state index contributed by atoms with van der Waals surface area (Å²) >= 11 is 0. The molecule has 0 saturated carbocycles. The lowest BCUT2D eigenvalue weighted by Gasteiger charge is -2.23. The van der Waals surface area contributed by atoms with E-state index in [0.29, 0.717) is 50.4 Å². The van der Waals surface area contributed by atoms with E-state index in [1.165, 1.54) is 48.0 Å².